The highest BCUT2D eigenvalue weighted by atomic mass is 35.5. The predicted octanol–water partition coefficient (Wildman–Crippen LogP) is 5.49. The van der Waals surface area contributed by atoms with Crippen LogP contribution in [-0.4, -0.2) is 20.5 Å². The minimum Gasteiger partial charge on any atom is -0.276 e. The molecule has 0 spiro atoms. The lowest BCUT2D eigenvalue weighted by Crippen LogP contribution is -2.07. The number of thiophene rings is 1. The van der Waals surface area contributed by atoms with Crippen molar-refractivity contribution in [2.45, 2.75) is 46.1 Å². The zero-order valence-corrected chi connectivity index (χ0v) is 18.1. The Labute approximate surface area is 179 Å². The van der Waals surface area contributed by atoms with E-state index in [1.54, 1.807) is 11.3 Å². The average Bonchev–Trinajstić information content (AvgIpc) is 3.40. The van der Waals surface area contributed by atoms with Gasteiger partial charge in [-0.25, -0.2) is 0 Å². The van der Waals surface area contributed by atoms with E-state index >= 15 is 0 Å². The SMILES string of the molecule is Cc1c(C#CC2CCCC2)sc2c1C(c1ccc(Cl)cc1)=NCc1nnc(C)n1-2. The third kappa shape index (κ3) is 3.31. The predicted molar refractivity (Wildman–Crippen MR) is 118 cm³/mol. The first-order chi connectivity index (χ1) is 14.1. The molecule has 0 bridgehead atoms. The summed E-state index contributed by atoms with van der Waals surface area (Å²) in [6, 6.07) is 7.89. The molecule has 0 unspecified atom stereocenters. The molecule has 1 aliphatic heterocycles. The monoisotopic (exact) mass is 420 g/mol. The second-order valence-electron chi connectivity index (χ2n) is 7.66. The summed E-state index contributed by atoms with van der Waals surface area (Å²) in [7, 11) is 0. The lowest BCUT2D eigenvalue weighted by atomic mass is 9.99. The molecule has 5 rings (SSSR count). The minimum absolute atomic E-state index is 0.503. The van der Waals surface area contributed by atoms with Crippen LogP contribution in [0.2, 0.25) is 5.02 Å². The summed E-state index contributed by atoms with van der Waals surface area (Å²) >= 11 is 7.84. The molecule has 0 N–H and O–H groups in total. The fourth-order valence-corrected chi connectivity index (χ4v) is 5.50. The topological polar surface area (TPSA) is 43.1 Å². The molecule has 146 valence electrons. The van der Waals surface area contributed by atoms with E-state index in [1.807, 2.05) is 31.2 Å². The van der Waals surface area contributed by atoms with E-state index in [0.29, 0.717) is 12.5 Å². The van der Waals surface area contributed by atoms with Crippen LogP contribution in [0.4, 0.5) is 0 Å². The van der Waals surface area contributed by atoms with Crippen molar-refractivity contribution >= 4 is 28.6 Å². The number of aryl methyl sites for hydroxylation is 1. The van der Waals surface area contributed by atoms with Crippen molar-refractivity contribution in [1.29, 1.82) is 0 Å². The highest BCUT2D eigenvalue weighted by Crippen LogP contribution is 2.36. The van der Waals surface area contributed by atoms with Gasteiger partial charge in [0, 0.05) is 22.1 Å². The van der Waals surface area contributed by atoms with Gasteiger partial charge in [0.25, 0.3) is 0 Å². The highest BCUT2D eigenvalue weighted by molar-refractivity contribution is 7.15. The van der Waals surface area contributed by atoms with E-state index in [1.165, 1.54) is 31.2 Å². The molecule has 3 heterocycles. The molecule has 0 amide bonds. The summed E-state index contributed by atoms with van der Waals surface area (Å²) in [6.45, 7) is 4.65. The fraction of sp³-hybridized carbons (Fsp3) is 0.348. The van der Waals surface area contributed by atoms with Crippen molar-refractivity contribution in [3.63, 3.8) is 0 Å². The maximum Gasteiger partial charge on any atom is 0.160 e. The highest BCUT2D eigenvalue weighted by Gasteiger charge is 2.27. The largest absolute Gasteiger partial charge is 0.276 e. The lowest BCUT2D eigenvalue weighted by molar-refractivity contribution is 0.712. The van der Waals surface area contributed by atoms with E-state index in [2.05, 4.69) is 33.5 Å². The summed E-state index contributed by atoms with van der Waals surface area (Å²) in [5.41, 5.74) is 4.35. The van der Waals surface area contributed by atoms with E-state index in [9.17, 15) is 0 Å². The Balaban J connectivity index is 1.69. The minimum atomic E-state index is 0.503. The maximum atomic E-state index is 6.12. The molecule has 29 heavy (non-hydrogen) atoms. The Hall–Kier alpha value is -2.42. The van der Waals surface area contributed by atoms with Gasteiger partial charge in [0.1, 0.15) is 17.4 Å². The van der Waals surface area contributed by atoms with Gasteiger partial charge in [-0.1, -0.05) is 48.4 Å². The second-order valence-corrected chi connectivity index (χ2v) is 9.09. The Kier molecular flexibility index (Phi) is 4.77. The van der Waals surface area contributed by atoms with Crippen molar-refractivity contribution < 1.29 is 0 Å². The fourth-order valence-electron chi connectivity index (χ4n) is 4.14. The first-order valence-corrected chi connectivity index (χ1v) is 11.2. The molecule has 1 aromatic carbocycles. The van der Waals surface area contributed by atoms with E-state index in [4.69, 9.17) is 16.6 Å². The van der Waals surface area contributed by atoms with Gasteiger partial charge in [0.15, 0.2) is 5.82 Å². The van der Waals surface area contributed by atoms with Crippen molar-refractivity contribution in [2.75, 3.05) is 0 Å². The molecule has 1 aliphatic carbocycles. The number of hydrogen-bond donors (Lipinski definition) is 0. The molecule has 3 aromatic rings. The molecule has 2 aliphatic rings. The van der Waals surface area contributed by atoms with Crippen LogP contribution in [0.3, 0.4) is 0 Å². The molecule has 0 atom stereocenters. The second kappa shape index (κ2) is 7.44. The number of benzene rings is 1. The van der Waals surface area contributed by atoms with E-state index in [0.717, 1.165) is 43.4 Å². The van der Waals surface area contributed by atoms with Gasteiger partial charge >= 0.3 is 0 Å². The molecule has 6 heteroatoms. The average molecular weight is 421 g/mol. The normalized spacial score (nSPS) is 15.9. The quantitative estimate of drug-likeness (QED) is 0.488. The first-order valence-electron chi connectivity index (χ1n) is 9.99. The van der Waals surface area contributed by atoms with E-state index in [-0.39, 0.29) is 0 Å². The van der Waals surface area contributed by atoms with Crippen LogP contribution in [0, 0.1) is 31.6 Å². The first kappa shape index (κ1) is 18.6. The summed E-state index contributed by atoms with van der Waals surface area (Å²) in [6.07, 6.45) is 5.05. The number of halogens is 1. The van der Waals surface area contributed by atoms with Crippen LogP contribution >= 0.6 is 22.9 Å². The third-order valence-corrected chi connectivity index (χ3v) is 7.15. The Morgan fingerprint density at radius 1 is 1.10 bits per heavy atom. The van der Waals surface area contributed by atoms with Crippen LogP contribution in [0.25, 0.3) is 5.00 Å². The Morgan fingerprint density at radius 3 is 2.62 bits per heavy atom. The molecule has 1 saturated carbocycles. The number of hydrogen-bond acceptors (Lipinski definition) is 4. The van der Waals surface area contributed by atoms with Gasteiger partial charge in [-0.2, -0.15) is 0 Å². The van der Waals surface area contributed by atoms with Gasteiger partial charge in [0.05, 0.1) is 10.6 Å². The van der Waals surface area contributed by atoms with Crippen molar-refractivity contribution in [1.82, 2.24) is 14.8 Å². The van der Waals surface area contributed by atoms with Crippen molar-refractivity contribution in [3.05, 3.63) is 62.5 Å². The Bertz CT molecular complexity index is 1170. The number of aliphatic imine (C=N–C) groups is 1. The van der Waals surface area contributed by atoms with Crippen LogP contribution in [-0.2, 0) is 6.54 Å². The van der Waals surface area contributed by atoms with Crippen LogP contribution < -0.4 is 0 Å². The molecule has 4 nitrogen and oxygen atoms in total. The zero-order valence-electron chi connectivity index (χ0n) is 16.5. The number of aromatic nitrogens is 3. The molecule has 2 aromatic heterocycles. The summed E-state index contributed by atoms with van der Waals surface area (Å²) in [5.74, 6) is 9.30. The molecular weight excluding hydrogens is 400 g/mol. The smallest absolute Gasteiger partial charge is 0.160 e. The van der Waals surface area contributed by atoms with Crippen LogP contribution in [0.1, 0.15) is 58.9 Å². The van der Waals surface area contributed by atoms with Crippen molar-refractivity contribution in [2.24, 2.45) is 10.9 Å². The van der Waals surface area contributed by atoms with Gasteiger partial charge in [-0.05, 0) is 44.4 Å². The molecule has 0 saturated heterocycles. The maximum absolute atomic E-state index is 6.12. The summed E-state index contributed by atoms with van der Waals surface area (Å²) < 4.78 is 2.14. The molecule has 0 radical (unpaired) electrons. The van der Waals surface area contributed by atoms with Gasteiger partial charge in [-0.15, -0.1) is 21.5 Å². The standard InChI is InChI=1S/C23H21ClN4S/c1-14-19(12-7-16-5-3-4-6-16)29-23-21(14)22(17-8-10-18(24)11-9-17)25-13-20-27-26-15(2)28(20)23/h8-11,16H,3-6,13H2,1-2H3. The lowest BCUT2D eigenvalue weighted by Gasteiger charge is -2.09. The third-order valence-electron chi connectivity index (χ3n) is 5.70. The van der Waals surface area contributed by atoms with Crippen molar-refractivity contribution in [3.8, 4) is 16.8 Å². The van der Waals surface area contributed by atoms with Gasteiger partial charge in [0.2, 0.25) is 0 Å². The number of fused-ring (bicyclic) bond motifs is 3. The van der Waals surface area contributed by atoms with Gasteiger partial charge < -0.3 is 0 Å². The Morgan fingerprint density at radius 2 is 1.86 bits per heavy atom. The van der Waals surface area contributed by atoms with Crippen LogP contribution in [0.5, 0.6) is 0 Å². The summed E-state index contributed by atoms with van der Waals surface area (Å²) in [4.78, 5) is 6.05. The van der Waals surface area contributed by atoms with Gasteiger partial charge in [-0.3, -0.25) is 9.56 Å². The summed E-state index contributed by atoms with van der Waals surface area (Å²) in [5, 5.41) is 10.5. The van der Waals surface area contributed by atoms with E-state index < -0.39 is 0 Å². The molecule has 1 fully saturated rings. The number of rotatable bonds is 1. The molecular formula is C23H21ClN4S. The van der Waals surface area contributed by atoms with Crippen LogP contribution in [0.15, 0.2) is 29.3 Å². The number of nitrogens with zero attached hydrogens (tertiary/aromatic N) is 4. The zero-order chi connectivity index (χ0) is 20.0.